The zero-order valence-electron chi connectivity index (χ0n) is 10.0. The number of ether oxygens (including phenoxy) is 1. The van der Waals surface area contributed by atoms with Gasteiger partial charge in [0.05, 0.1) is 12.4 Å². The molecule has 0 bridgehead atoms. The number of nitrogens with zero attached hydrogens (tertiary/aromatic N) is 1. The fourth-order valence-electron chi connectivity index (χ4n) is 2.13. The van der Waals surface area contributed by atoms with Gasteiger partial charge in [0.15, 0.2) is 0 Å². The van der Waals surface area contributed by atoms with Crippen molar-refractivity contribution in [2.45, 2.75) is 39.0 Å². The Hall–Kier alpha value is -0.570. The minimum Gasteiger partial charge on any atom is -0.387 e. The number of hydrogen-bond donors (Lipinski definition) is 1. The molecule has 0 saturated heterocycles. The Morgan fingerprint density at radius 1 is 1.40 bits per heavy atom. The van der Waals surface area contributed by atoms with Crippen LogP contribution in [0.2, 0.25) is 0 Å². The number of aliphatic imine (C=N–C) groups is 1. The highest BCUT2D eigenvalue weighted by Gasteiger charge is 2.16. The van der Waals surface area contributed by atoms with Crippen molar-refractivity contribution in [3.63, 3.8) is 0 Å². The van der Waals surface area contributed by atoms with Gasteiger partial charge in [-0.25, -0.2) is 0 Å². The Bertz CT molecular complexity index is 198. The first-order chi connectivity index (χ1) is 7.24. The summed E-state index contributed by atoms with van der Waals surface area (Å²) in [6.07, 6.45) is 6.45. The second-order valence-electron chi connectivity index (χ2n) is 4.66. The van der Waals surface area contributed by atoms with Crippen LogP contribution in [0.4, 0.5) is 0 Å². The topological polar surface area (TPSA) is 47.6 Å². The van der Waals surface area contributed by atoms with Gasteiger partial charge in [-0.2, -0.15) is 0 Å². The lowest BCUT2D eigenvalue weighted by molar-refractivity contribution is 0.163. The van der Waals surface area contributed by atoms with Crippen LogP contribution in [0.3, 0.4) is 0 Å². The van der Waals surface area contributed by atoms with Gasteiger partial charge in [-0.3, -0.25) is 4.99 Å². The molecule has 1 unspecified atom stereocenters. The molecule has 1 atom stereocenters. The summed E-state index contributed by atoms with van der Waals surface area (Å²) in [5, 5.41) is 0. The lowest BCUT2D eigenvalue weighted by atomic mass is 9.88. The normalized spacial score (nSPS) is 21.6. The third kappa shape index (κ3) is 4.65. The van der Waals surface area contributed by atoms with Crippen molar-refractivity contribution in [2.24, 2.45) is 22.6 Å². The van der Waals surface area contributed by atoms with E-state index in [1.54, 1.807) is 7.11 Å². The first kappa shape index (κ1) is 12.5. The molecule has 0 spiro atoms. The molecule has 2 N–H and O–H groups in total. The molecule has 0 aromatic heterocycles. The van der Waals surface area contributed by atoms with Gasteiger partial charge in [-0.05, 0) is 18.8 Å². The molecule has 1 fully saturated rings. The SMILES string of the molecule is COCC(C)CN=C(N)C1CCCCC1. The van der Waals surface area contributed by atoms with Crippen molar-refractivity contribution in [1.29, 1.82) is 0 Å². The monoisotopic (exact) mass is 212 g/mol. The van der Waals surface area contributed by atoms with Crippen molar-refractivity contribution in [1.82, 2.24) is 0 Å². The third-order valence-corrected chi connectivity index (χ3v) is 3.06. The summed E-state index contributed by atoms with van der Waals surface area (Å²) >= 11 is 0. The smallest absolute Gasteiger partial charge is 0.0968 e. The Balaban J connectivity index is 2.30. The number of amidine groups is 1. The van der Waals surface area contributed by atoms with Gasteiger partial charge in [0.2, 0.25) is 0 Å². The van der Waals surface area contributed by atoms with Crippen molar-refractivity contribution < 1.29 is 4.74 Å². The van der Waals surface area contributed by atoms with Gasteiger partial charge in [0.1, 0.15) is 0 Å². The van der Waals surface area contributed by atoms with Crippen LogP contribution in [-0.4, -0.2) is 26.1 Å². The minimum absolute atomic E-state index is 0.470. The Labute approximate surface area is 93.1 Å². The van der Waals surface area contributed by atoms with Crippen LogP contribution in [0.25, 0.3) is 0 Å². The van der Waals surface area contributed by atoms with E-state index in [-0.39, 0.29) is 0 Å². The van der Waals surface area contributed by atoms with E-state index in [0.717, 1.165) is 19.0 Å². The molecule has 88 valence electrons. The summed E-state index contributed by atoms with van der Waals surface area (Å²) in [5.74, 6) is 1.89. The van der Waals surface area contributed by atoms with Crippen LogP contribution < -0.4 is 5.73 Å². The van der Waals surface area contributed by atoms with Crippen LogP contribution in [-0.2, 0) is 4.74 Å². The highest BCUT2D eigenvalue weighted by molar-refractivity contribution is 5.82. The summed E-state index contributed by atoms with van der Waals surface area (Å²) < 4.78 is 5.07. The molecule has 0 radical (unpaired) electrons. The van der Waals surface area contributed by atoms with Gasteiger partial charge < -0.3 is 10.5 Å². The summed E-state index contributed by atoms with van der Waals surface area (Å²) in [4.78, 5) is 4.48. The molecular formula is C12H24N2O. The summed E-state index contributed by atoms with van der Waals surface area (Å²) in [5.41, 5.74) is 6.00. The lowest BCUT2D eigenvalue weighted by Crippen LogP contribution is -2.26. The fraction of sp³-hybridized carbons (Fsp3) is 0.917. The average Bonchev–Trinajstić information content (AvgIpc) is 2.27. The molecule has 0 aliphatic heterocycles. The molecule has 1 aliphatic rings. The Kier molecular flexibility index (Phi) is 5.69. The van der Waals surface area contributed by atoms with E-state index in [2.05, 4.69) is 11.9 Å². The Morgan fingerprint density at radius 2 is 2.07 bits per heavy atom. The average molecular weight is 212 g/mol. The molecule has 1 saturated carbocycles. The number of hydrogen-bond acceptors (Lipinski definition) is 2. The summed E-state index contributed by atoms with van der Waals surface area (Å²) in [6, 6.07) is 0. The standard InChI is InChI=1S/C12H24N2O/c1-10(9-15-2)8-14-12(13)11-6-4-3-5-7-11/h10-11H,3-9H2,1-2H3,(H2,13,14). The van der Waals surface area contributed by atoms with Crippen molar-refractivity contribution >= 4 is 5.84 Å². The lowest BCUT2D eigenvalue weighted by Gasteiger charge is -2.21. The van der Waals surface area contributed by atoms with E-state index in [9.17, 15) is 0 Å². The van der Waals surface area contributed by atoms with Gasteiger partial charge in [-0.1, -0.05) is 26.2 Å². The molecular weight excluding hydrogens is 188 g/mol. The third-order valence-electron chi connectivity index (χ3n) is 3.06. The fourth-order valence-corrected chi connectivity index (χ4v) is 2.13. The minimum atomic E-state index is 0.470. The highest BCUT2D eigenvalue weighted by Crippen LogP contribution is 2.23. The second-order valence-corrected chi connectivity index (χ2v) is 4.66. The molecule has 0 amide bonds. The molecule has 1 rings (SSSR count). The number of rotatable bonds is 5. The number of methoxy groups -OCH3 is 1. The van der Waals surface area contributed by atoms with Gasteiger partial charge in [-0.15, -0.1) is 0 Å². The summed E-state index contributed by atoms with van der Waals surface area (Å²) in [6.45, 7) is 3.71. The van der Waals surface area contributed by atoms with Gasteiger partial charge >= 0.3 is 0 Å². The van der Waals surface area contributed by atoms with E-state index in [4.69, 9.17) is 10.5 Å². The predicted molar refractivity (Wildman–Crippen MR) is 64.1 cm³/mol. The molecule has 3 heteroatoms. The van der Waals surface area contributed by atoms with Gasteiger partial charge in [0.25, 0.3) is 0 Å². The molecule has 15 heavy (non-hydrogen) atoms. The van der Waals surface area contributed by atoms with Crippen LogP contribution >= 0.6 is 0 Å². The maximum atomic E-state index is 6.00. The molecule has 0 aromatic rings. The molecule has 0 heterocycles. The zero-order valence-corrected chi connectivity index (χ0v) is 10.0. The maximum absolute atomic E-state index is 6.00. The Morgan fingerprint density at radius 3 is 2.67 bits per heavy atom. The predicted octanol–water partition coefficient (Wildman–Crippen LogP) is 2.21. The zero-order chi connectivity index (χ0) is 11.1. The van der Waals surface area contributed by atoms with Crippen LogP contribution in [0.15, 0.2) is 4.99 Å². The first-order valence-electron chi connectivity index (χ1n) is 6.02. The van der Waals surface area contributed by atoms with Gasteiger partial charge in [0, 0.05) is 19.6 Å². The number of nitrogens with two attached hydrogens (primary N) is 1. The molecule has 1 aliphatic carbocycles. The van der Waals surface area contributed by atoms with Crippen LogP contribution in [0.5, 0.6) is 0 Å². The highest BCUT2D eigenvalue weighted by atomic mass is 16.5. The van der Waals surface area contributed by atoms with E-state index in [1.807, 2.05) is 0 Å². The largest absolute Gasteiger partial charge is 0.387 e. The second kappa shape index (κ2) is 6.83. The summed E-state index contributed by atoms with van der Waals surface area (Å²) in [7, 11) is 1.73. The van der Waals surface area contributed by atoms with E-state index in [0.29, 0.717) is 11.8 Å². The van der Waals surface area contributed by atoms with Crippen LogP contribution in [0, 0.1) is 11.8 Å². The quantitative estimate of drug-likeness (QED) is 0.561. The molecule has 3 nitrogen and oxygen atoms in total. The molecule has 0 aromatic carbocycles. The van der Waals surface area contributed by atoms with Crippen LogP contribution in [0.1, 0.15) is 39.0 Å². The van der Waals surface area contributed by atoms with Crippen molar-refractivity contribution in [3.05, 3.63) is 0 Å². The maximum Gasteiger partial charge on any atom is 0.0968 e. The van der Waals surface area contributed by atoms with Crippen molar-refractivity contribution in [3.8, 4) is 0 Å². The van der Waals surface area contributed by atoms with E-state index >= 15 is 0 Å². The van der Waals surface area contributed by atoms with Crippen molar-refractivity contribution in [2.75, 3.05) is 20.3 Å². The van der Waals surface area contributed by atoms with E-state index in [1.165, 1.54) is 32.1 Å². The first-order valence-corrected chi connectivity index (χ1v) is 6.02. The van der Waals surface area contributed by atoms with E-state index < -0.39 is 0 Å².